The van der Waals surface area contributed by atoms with Crippen molar-refractivity contribution in [1.29, 1.82) is 0 Å². The summed E-state index contributed by atoms with van der Waals surface area (Å²) in [5, 5.41) is 13.0. The summed E-state index contributed by atoms with van der Waals surface area (Å²) in [6.45, 7) is 2.15. The molecule has 1 aliphatic rings. The van der Waals surface area contributed by atoms with Gasteiger partial charge in [0.15, 0.2) is 5.69 Å². The van der Waals surface area contributed by atoms with Crippen LogP contribution in [0.4, 0.5) is 4.39 Å². The van der Waals surface area contributed by atoms with Gasteiger partial charge in [0.1, 0.15) is 17.7 Å². The Hall–Kier alpha value is -4.05. The standard InChI is InChI=1S/C25H25FN4O5/c1-16(31)29-11-12-30-23(20(29)15-35-14-18-5-3-2-4-6-18)28-21(22(32)25(30)34)24(33)27-13-17-7-9-19(26)10-8-17/h2-10,20,32H,11-15H2,1H3,(H,27,33). The highest BCUT2D eigenvalue weighted by Gasteiger charge is 2.34. The minimum Gasteiger partial charge on any atom is -0.501 e. The van der Waals surface area contributed by atoms with Crippen LogP contribution in [0, 0.1) is 5.82 Å². The molecule has 0 saturated carbocycles. The van der Waals surface area contributed by atoms with Gasteiger partial charge >= 0.3 is 0 Å². The van der Waals surface area contributed by atoms with Crippen LogP contribution in [0.3, 0.4) is 0 Å². The molecule has 4 rings (SSSR count). The molecule has 182 valence electrons. The van der Waals surface area contributed by atoms with Crippen molar-refractivity contribution in [3.05, 3.63) is 93.4 Å². The zero-order chi connectivity index (χ0) is 24.9. The number of carbonyl (C=O) groups is 2. The fraction of sp³-hybridized carbons (Fsp3) is 0.280. The Kier molecular flexibility index (Phi) is 7.21. The van der Waals surface area contributed by atoms with Crippen molar-refractivity contribution in [2.75, 3.05) is 13.2 Å². The first-order valence-corrected chi connectivity index (χ1v) is 11.1. The number of nitrogens with zero attached hydrogens (tertiary/aromatic N) is 3. The fourth-order valence-electron chi connectivity index (χ4n) is 3.97. The zero-order valence-electron chi connectivity index (χ0n) is 19.1. The molecule has 2 N–H and O–H groups in total. The maximum absolute atomic E-state index is 13.1. The monoisotopic (exact) mass is 480 g/mol. The SMILES string of the molecule is CC(=O)N1CCn2c(nc(C(=O)NCc3ccc(F)cc3)c(O)c2=O)C1COCc1ccccc1. The van der Waals surface area contributed by atoms with Gasteiger partial charge in [-0.15, -0.1) is 0 Å². The van der Waals surface area contributed by atoms with E-state index < -0.39 is 34.8 Å². The highest BCUT2D eigenvalue weighted by atomic mass is 19.1. The number of hydrogen-bond acceptors (Lipinski definition) is 6. The van der Waals surface area contributed by atoms with Gasteiger partial charge in [0.25, 0.3) is 11.5 Å². The van der Waals surface area contributed by atoms with Crippen LogP contribution in [0.1, 0.15) is 40.4 Å². The second-order valence-electron chi connectivity index (χ2n) is 8.16. The van der Waals surface area contributed by atoms with Crippen LogP contribution in [-0.2, 0) is 29.2 Å². The van der Waals surface area contributed by atoms with Crippen molar-refractivity contribution < 1.29 is 23.8 Å². The van der Waals surface area contributed by atoms with Gasteiger partial charge in [-0.3, -0.25) is 19.0 Å². The van der Waals surface area contributed by atoms with Gasteiger partial charge in [0, 0.05) is 26.6 Å². The summed E-state index contributed by atoms with van der Waals surface area (Å²) < 4.78 is 20.2. The lowest BCUT2D eigenvalue weighted by Gasteiger charge is -2.36. The van der Waals surface area contributed by atoms with E-state index in [9.17, 15) is 23.9 Å². The Morgan fingerprint density at radius 2 is 1.83 bits per heavy atom. The number of amides is 2. The van der Waals surface area contributed by atoms with E-state index in [2.05, 4.69) is 10.3 Å². The number of halogens is 1. The van der Waals surface area contributed by atoms with Crippen molar-refractivity contribution in [2.45, 2.75) is 32.7 Å². The van der Waals surface area contributed by atoms with Crippen molar-refractivity contribution in [1.82, 2.24) is 19.8 Å². The summed E-state index contributed by atoms with van der Waals surface area (Å²) in [6.07, 6.45) is 0. The van der Waals surface area contributed by atoms with Crippen LogP contribution in [-0.4, -0.2) is 44.5 Å². The minimum atomic E-state index is -0.773. The van der Waals surface area contributed by atoms with E-state index in [4.69, 9.17) is 4.74 Å². The molecule has 3 aromatic rings. The Morgan fingerprint density at radius 1 is 1.11 bits per heavy atom. The lowest BCUT2D eigenvalue weighted by Crippen LogP contribution is -2.47. The molecule has 35 heavy (non-hydrogen) atoms. The summed E-state index contributed by atoms with van der Waals surface area (Å²) in [5.41, 5.74) is 0.360. The molecule has 1 aliphatic heterocycles. The lowest BCUT2D eigenvalue weighted by atomic mass is 10.1. The fourth-order valence-corrected chi connectivity index (χ4v) is 3.97. The second-order valence-corrected chi connectivity index (χ2v) is 8.16. The molecule has 0 spiro atoms. The van der Waals surface area contributed by atoms with E-state index >= 15 is 0 Å². The van der Waals surface area contributed by atoms with Crippen molar-refractivity contribution in [3.8, 4) is 5.75 Å². The van der Waals surface area contributed by atoms with Crippen molar-refractivity contribution in [2.24, 2.45) is 0 Å². The Morgan fingerprint density at radius 3 is 2.51 bits per heavy atom. The smallest absolute Gasteiger partial charge is 0.296 e. The summed E-state index contributed by atoms with van der Waals surface area (Å²) in [5.74, 6) is -2.01. The minimum absolute atomic E-state index is 0.0435. The van der Waals surface area contributed by atoms with Gasteiger partial charge in [-0.05, 0) is 23.3 Å². The molecule has 10 heteroatoms. The largest absolute Gasteiger partial charge is 0.501 e. The van der Waals surface area contributed by atoms with Gasteiger partial charge in [-0.25, -0.2) is 9.37 Å². The number of nitrogens with one attached hydrogen (secondary N) is 1. The number of aromatic hydroxyl groups is 1. The second kappa shape index (κ2) is 10.5. The average molecular weight is 480 g/mol. The first-order chi connectivity index (χ1) is 16.8. The number of benzene rings is 2. The van der Waals surface area contributed by atoms with Crippen LogP contribution in [0.15, 0.2) is 59.4 Å². The normalized spacial score (nSPS) is 14.9. The molecule has 0 bridgehead atoms. The number of hydrogen-bond donors (Lipinski definition) is 2. The number of rotatable bonds is 7. The van der Waals surface area contributed by atoms with Gasteiger partial charge in [0.2, 0.25) is 11.7 Å². The summed E-state index contributed by atoms with van der Waals surface area (Å²) in [7, 11) is 0. The Labute approximate surface area is 200 Å². The molecular formula is C25H25FN4O5. The first-order valence-electron chi connectivity index (χ1n) is 11.1. The van der Waals surface area contributed by atoms with Crippen LogP contribution in [0.5, 0.6) is 5.75 Å². The van der Waals surface area contributed by atoms with Crippen molar-refractivity contribution >= 4 is 11.8 Å². The predicted molar refractivity (Wildman–Crippen MR) is 124 cm³/mol. The molecule has 9 nitrogen and oxygen atoms in total. The molecule has 1 atom stereocenters. The van der Waals surface area contributed by atoms with E-state index in [0.717, 1.165) is 5.56 Å². The van der Waals surface area contributed by atoms with Gasteiger partial charge < -0.3 is 20.1 Å². The third kappa shape index (κ3) is 5.38. The highest BCUT2D eigenvalue weighted by Crippen LogP contribution is 2.26. The molecule has 2 amide bonds. The summed E-state index contributed by atoms with van der Waals surface area (Å²) >= 11 is 0. The molecule has 1 unspecified atom stereocenters. The molecule has 0 radical (unpaired) electrons. The van der Waals surface area contributed by atoms with E-state index in [-0.39, 0.29) is 44.6 Å². The Bertz CT molecular complexity index is 1280. The van der Waals surface area contributed by atoms with Gasteiger partial charge in [-0.2, -0.15) is 0 Å². The number of ether oxygens (including phenoxy) is 1. The molecule has 2 heterocycles. The quantitative estimate of drug-likeness (QED) is 0.536. The maximum Gasteiger partial charge on any atom is 0.296 e. The maximum atomic E-state index is 13.1. The highest BCUT2D eigenvalue weighted by molar-refractivity contribution is 5.94. The molecular weight excluding hydrogens is 455 g/mol. The molecule has 0 aliphatic carbocycles. The van der Waals surface area contributed by atoms with Crippen LogP contribution < -0.4 is 10.9 Å². The number of carbonyl (C=O) groups excluding carboxylic acids is 2. The van der Waals surface area contributed by atoms with Crippen LogP contribution in [0.2, 0.25) is 0 Å². The Balaban J connectivity index is 1.59. The zero-order valence-corrected chi connectivity index (χ0v) is 19.1. The lowest BCUT2D eigenvalue weighted by molar-refractivity contribution is -0.134. The van der Waals surface area contributed by atoms with E-state index in [1.165, 1.54) is 40.7 Å². The van der Waals surface area contributed by atoms with Gasteiger partial charge in [0.05, 0.1) is 13.2 Å². The molecule has 1 aromatic heterocycles. The molecule has 0 fully saturated rings. The first kappa shape index (κ1) is 24.1. The van der Waals surface area contributed by atoms with E-state index in [0.29, 0.717) is 5.56 Å². The third-order valence-electron chi connectivity index (χ3n) is 5.79. The van der Waals surface area contributed by atoms with Crippen LogP contribution >= 0.6 is 0 Å². The molecule has 2 aromatic carbocycles. The third-order valence-corrected chi connectivity index (χ3v) is 5.79. The van der Waals surface area contributed by atoms with Gasteiger partial charge in [-0.1, -0.05) is 42.5 Å². The topological polar surface area (TPSA) is 114 Å². The predicted octanol–water partition coefficient (Wildman–Crippen LogP) is 2.14. The number of fused-ring (bicyclic) bond motifs is 1. The summed E-state index contributed by atoms with van der Waals surface area (Å²) in [6, 6.07) is 14.3. The van der Waals surface area contributed by atoms with E-state index in [1.807, 2.05) is 30.3 Å². The summed E-state index contributed by atoms with van der Waals surface area (Å²) in [4.78, 5) is 43.8. The average Bonchev–Trinajstić information content (AvgIpc) is 2.86. The van der Waals surface area contributed by atoms with Crippen LogP contribution in [0.25, 0.3) is 0 Å². The molecule has 0 saturated heterocycles. The van der Waals surface area contributed by atoms with E-state index in [1.54, 1.807) is 0 Å². The number of aromatic nitrogens is 2. The van der Waals surface area contributed by atoms with Crippen molar-refractivity contribution in [3.63, 3.8) is 0 Å².